The van der Waals surface area contributed by atoms with Gasteiger partial charge in [0.25, 0.3) is 5.91 Å². The number of amides is 5. The highest BCUT2D eigenvalue weighted by molar-refractivity contribution is 7.13. The molecule has 6 aromatic rings. The predicted molar refractivity (Wildman–Crippen MR) is 331 cm³/mol. The van der Waals surface area contributed by atoms with Crippen molar-refractivity contribution in [3.63, 3.8) is 0 Å². The van der Waals surface area contributed by atoms with Gasteiger partial charge in [-0.15, -0.1) is 21.5 Å². The lowest BCUT2D eigenvalue weighted by Gasteiger charge is -2.43. The summed E-state index contributed by atoms with van der Waals surface area (Å²) in [6.07, 6.45) is 10.1. The van der Waals surface area contributed by atoms with Crippen LogP contribution in [0.2, 0.25) is 0 Å². The molecule has 0 spiro atoms. The average molecular weight is 1200 g/mol. The number of aryl methyl sites for hydroxylation is 2. The first-order valence-corrected chi connectivity index (χ1v) is 30.8. The number of thiazole rings is 1. The molecule has 0 aliphatic carbocycles. The van der Waals surface area contributed by atoms with Crippen molar-refractivity contribution in [2.75, 3.05) is 82.0 Å². The molecule has 0 saturated carbocycles. The van der Waals surface area contributed by atoms with Gasteiger partial charge in [0.2, 0.25) is 23.6 Å². The van der Waals surface area contributed by atoms with Gasteiger partial charge in [0.15, 0.2) is 23.1 Å². The molecule has 2 aromatic carbocycles. The van der Waals surface area contributed by atoms with Crippen molar-refractivity contribution in [2.45, 2.75) is 123 Å². The average Bonchev–Trinajstić information content (AvgIpc) is 3.39. The lowest BCUT2D eigenvalue weighted by molar-refractivity contribution is -0.144. The van der Waals surface area contributed by atoms with Crippen LogP contribution in [-0.2, 0) is 32.6 Å². The Bertz CT molecular complexity index is 3280. The second kappa shape index (κ2) is 28.9. The molecule has 0 unspecified atom stereocenters. The summed E-state index contributed by atoms with van der Waals surface area (Å²) in [4.78, 5) is 90.0. The minimum absolute atomic E-state index is 0.0252. The molecular weight excluding hydrogens is 1110 g/mol. The third-order valence-electron chi connectivity index (χ3n) is 16.3. The number of nitrogens with one attached hydrogen (secondary N) is 5. The van der Waals surface area contributed by atoms with Crippen molar-refractivity contribution in [2.24, 2.45) is 12.5 Å². The summed E-state index contributed by atoms with van der Waals surface area (Å²) in [7, 11) is 4.89. The summed E-state index contributed by atoms with van der Waals surface area (Å²) in [6.45, 7) is 13.1. The predicted octanol–water partition coefficient (Wildman–Crippen LogP) is 6.65. The molecule has 86 heavy (non-hydrogen) atoms. The first-order chi connectivity index (χ1) is 41.5. The fourth-order valence-corrected chi connectivity index (χ4v) is 12.3. The number of anilines is 5. The topological polar surface area (TPSA) is 270 Å². The largest absolute Gasteiger partial charge is 0.494 e. The van der Waals surface area contributed by atoms with Gasteiger partial charge in [-0.2, -0.15) is 5.10 Å². The van der Waals surface area contributed by atoms with Crippen LogP contribution >= 0.6 is 11.3 Å². The van der Waals surface area contributed by atoms with Gasteiger partial charge in [0.1, 0.15) is 24.2 Å². The highest BCUT2D eigenvalue weighted by Gasteiger charge is 2.44. The number of aromatic nitrogens is 7. The number of para-hydroxylation sites is 1. The summed E-state index contributed by atoms with van der Waals surface area (Å²) in [5.41, 5.74) is 7.14. The van der Waals surface area contributed by atoms with Gasteiger partial charge >= 0.3 is 0 Å². The maximum Gasteiger partial charge on any atom is 0.273 e. The van der Waals surface area contributed by atoms with Crippen LogP contribution in [-0.4, -0.2) is 175 Å². The number of likely N-dealkylation sites (tertiary alicyclic amines) is 2. The number of aliphatic hydroxyl groups excluding tert-OH is 1. The van der Waals surface area contributed by atoms with Gasteiger partial charge in [0, 0.05) is 97.8 Å². The Kier molecular flexibility index (Phi) is 21.0. The van der Waals surface area contributed by atoms with E-state index in [1.165, 1.54) is 11.9 Å². The number of ether oxygens (including phenoxy) is 1. The van der Waals surface area contributed by atoms with E-state index in [2.05, 4.69) is 73.8 Å². The van der Waals surface area contributed by atoms with Crippen LogP contribution in [0.15, 0.2) is 78.7 Å². The number of pyridine rings is 1. The zero-order chi connectivity index (χ0) is 60.9. The molecule has 24 heteroatoms. The van der Waals surface area contributed by atoms with E-state index in [9.17, 15) is 29.1 Å². The maximum atomic E-state index is 14.1. The van der Waals surface area contributed by atoms with Gasteiger partial charge in [0.05, 0.1) is 58.1 Å². The maximum absolute atomic E-state index is 14.1. The molecule has 3 aliphatic heterocycles. The quantitative estimate of drug-likeness (QED) is 0.0346. The zero-order valence-electron chi connectivity index (χ0n) is 50.5. The van der Waals surface area contributed by atoms with Crippen LogP contribution in [0.25, 0.3) is 21.8 Å². The van der Waals surface area contributed by atoms with E-state index in [1.807, 2.05) is 86.8 Å². The smallest absolute Gasteiger partial charge is 0.273 e. The molecule has 9 rings (SSSR count). The highest BCUT2D eigenvalue weighted by Crippen LogP contribution is 2.38. The lowest BCUT2D eigenvalue weighted by atomic mass is 9.85. The van der Waals surface area contributed by atoms with Crippen molar-refractivity contribution in [3.05, 3.63) is 95.6 Å². The number of unbranched alkanes of at least 4 members (excludes halogenated alkanes) is 4. The highest BCUT2D eigenvalue weighted by atomic mass is 32.1. The number of benzene rings is 2. The molecule has 3 atom stereocenters. The van der Waals surface area contributed by atoms with Crippen molar-refractivity contribution in [1.82, 2.24) is 65.6 Å². The third-order valence-corrected chi connectivity index (χ3v) is 17.3. The molecule has 23 nitrogen and oxygen atoms in total. The normalized spacial score (nSPS) is 17.0. The number of piperidine rings is 1. The lowest BCUT2D eigenvalue weighted by Crippen LogP contribution is -2.57. The molecule has 3 fully saturated rings. The summed E-state index contributed by atoms with van der Waals surface area (Å²) < 4.78 is 7.40. The summed E-state index contributed by atoms with van der Waals surface area (Å²) in [6, 6.07) is 18.1. The Hall–Kier alpha value is -8.09. The number of β-amino-alcohol motifs (C(OH)–C–C–N with tert-alkyl or cyclic N) is 1. The van der Waals surface area contributed by atoms with E-state index in [-0.39, 0.29) is 48.7 Å². The molecule has 458 valence electrons. The third kappa shape index (κ3) is 15.9. The molecule has 6 N–H and O–H groups in total. The number of carbonyl (C=O) groups excluding carboxylic acids is 5. The molecule has 7 heterocycles. The number of hydrogen-bond acceptors (Lipinski definition) is 18. The fourth-order valence-electron chi connectivity index (χ4n) is 11.5. The molecule has 0 radical (unpaired) electrons. The van der Waals surface area contributed by atoms with Crippen molar-refractivity contribution >= 4 is 69.6 Å². The van der Waals surface area contributed by atoms with E-state index in [0.717, 1.165) is 105 Å². The zero-order valence-corrected chi connectivity index (χ0v) is 51.3. The molecule has 5 amide bonds. The van der Waals surface area contributed by atoms with E-state index in [4.69, 9.17) is 9.72 Å². The minimum atomic E-state index is -0.873. The van der Waals surface area contributed by atoms with Crippen LogP contribution in [0.1, 0.15) is 107 Å². The second-order valence-corrected chi connectivity index (χ2v) is 24.4. The van der Waals surface area contributed by atoms with Crippen LogP contribution in [0, 0.1) is 12.3 Å². The number of piperazine rings is 1. The van der Waals surface area contributed by atoms with Gasteiger partial charge in [-0.25, -0.2) is 15.0 Å². The number of rotatable bonds is 24. The molecule has 0 bridgehead atoms. The van der Waals surface area contributed by atoms with Crippen molar-refractivity contribution in [3.8, 4) is 27.6 Å². The Morgan fingerprint density at radius 3 is 2.24 bits per heavy atom. The number of aliphatic hydroxyl groups is 1. The Labute approximate surface area is 507 Å². The van der Waals surface area contributed by atoms with Crippen LogP contribution in [0.3, 0.4) is 0 Å². The monoisotopic (exact) mass is 1190 g/mol. The number of hydrogen-bond donors (Lipinski definition) is 6. The van der Waals surface area contributed by atoms with Gasteiger partial charge < -0.3 is 51.1 Å². The molecule has 3 aliphatic rings. The van der Waals surface area contributed by atoms with E-state index in [1.54, 1.807) is 42.6 Å². The van der Waals surface area contributed by atoms with E-state index >= 15 is 0 Å². The minimum Gasteiger partial charge on any atom is -0.494 e. The van der Waals surface area contributed by atoms with Gasteiger partial charge in [-0.05, 0) is 79.8 Å². The fraction of sp³-hybridized carbons (Fsp3) is 0.500. The van der Waals surface area contributed by atoms with Gasteiger partial charge in [-0.1, -0.05) is 70.4 Å². The first kappa shape index (κ1) is 62.4. The second-order valence-electron chi connectivity index (χ2n) is 23.5. The van der Waals surface area contributed by atoms with Crippen molar-refractivity contribution in [1.29, 1.82) is 0 Å². The van der Waals surface area contributed by atoms with E-state index in [0.29, 0.717) is 72.0 Å². The number of methoxy groups -OCH3 is 1. The van der Waals surface area contributed by atoms with Gasteiger partial charge in [-0.3, -0.25) is 33.6 Å². The molecule has 4 aromatic heterocycles. The summed E-state index contributed by atoms with van der Waals surface area (Å²) >= 11 is 1.60. The summed E-state index contributed by atoms with van der Waals surface area (Å²) in [5.74, 6) is 0.823. The number of nitrogens with zero attached hydrogens (tertiary/aromatic N) is 11. The number of carbonyl (C=O) groups is 5. The van der Waals surface area contributed by atoms with E-state index < -0.39 is 29.5 Å². The van der Waals surface area contributed by atoms with Crippen LogP contribution < -0.4 is 36.2 Å². The Morgan fingerprint density at radius 2 is 1.58 bits per heavy atom. The Balaban J connectivity index is 0.648. The van der Waals surface area contributed by atoms with Crippen molar-refractivity contribution < 1.29 is 33.8 Å². The SMILES string of the molecule is CNC(=O)c1nnc(Nc2ccc(N3CCN(C4CCN(C(=O)CCCCCCCC(=O)N[C@H](C(=O)N5C[C@H](O)C[C@H]5C(=O)NCCc5ccc(-c6scnc6C)cc5)C(C)(C)C)CC4)CC3)cn2)cc1Nc1cccc(-c2ncn(C)n2)c1OC. The standard InChI is InChI=1S/C62H82N16O7S/c1-40-56(86-39-67-40)42-20-18-41(19-21-42)24-27-64-59(82)49-34-45(79)37-78(49)61(84)57(62(2,3)4)70-52(80)16-11-9-8-10-12-17-53(81)77-28-25-43(26-29-77)75-30-32-76(33-31-75)44-22-23-50(65-36-44)69-51-35-48(54(72-71-51)60(83)63-5)68-47-15-13-14-46(55(47)85-7)58-66-38-74(6)73-58/h13-15,18-23,35-36,38-39,43,45,49,57,79H,8-12,16-17,24-34,37H2,1-7H3,(H,63,83)(H,64,82)(H,70,80)(H2,65,68,69,71)/t45-,49+,57-/m1/s1. The van der Waals surface area contributed by atoms with Crippen LogP contribution in [0.4, 0.5) is 28.7 Å². The van der Waals surface area contributed by atoms with Crippen LogP contribution in [0.5, 0.6) is 5.75 Å². The molecule has 3 saturated heterocycles. The summed E-state index contributed by atoms with van der Waals surface area (Å²) in [5, 5.41) is 38.7. The Morgan fingerprint density at radius 1 is 0.837 bits per heavy atom. The molecular formula is C62H82N16O7S. The first-order valence-electron chi connectivity index (χ1n) is 29.9.